The first-order valence-electron chi connectivity index (χ1n) is 47.1. The number of alkyl carbamates (subject to hydrolysis) is 1. The summed E-state index contributed by atoms with van der Waals surface area (Å²) in [6.07, 6.45) is 11.6. The minimum absolute atomic E-state index is 0.0162. The average molecular weight is 1870 g/mol. The number of nitrogens with one attached hydrogen (secondary N) is 6. The number of Topliss-reactive ketones (excluding diaryl/α,β-unsaturated/α-hetero) is 8. The molecule has 14 N–H and O–H groups in total. The minimum atomic E-state index is -1.15. The number of nitrogens with zero attached hydrogens (tertiary/aromatic N) is 3. The quantitative estimate of drug-likeness (QED) is 0.00490. The SMILES string of the molecule is CCCCc1ccc(-c2ccc(C(=O)C[C@@H](CCCCCC(=O)OC(C)(C)C)C(=O)N[C@@H](CCCCNC(=O)OC(C)(C)C)C(=O)C[C@@H](C)C(=O)N[C@@H](CC(C)C)C(=O)C[C@@H](C)C(=O)C(N)=O)cc2)cc1.CCCCc1ccc(-c2ccc(C(=O)C[C@@H](CCCCN)C(=O)N[C@@H](CCCCN)C(=O)C[C@@H](C)C(=O)N[C@@H](CC(C)C)C(=O)C[C@@H](C)C(=O)C(N)=O)cc2)cc1.N=NN=NCl. The van der Waals surface area contributed by atoms with Gasteiger partial charge in [-0.2, -0.15) is 5.53 Å². The van der Waals surface area contributed by atoms with Gasteiger partial charge in [0.2, 0.25) is 35.2 Å². The molecule has 32 heteroatoms. The van der Waals surface area contributed by atoms with Crippen LogP contribution in [0.5, 0.6) is 0 Å². The molecule has 0 saturated carbocycles. The molecule has 0 aliphatic carbocycles. The Morgan fingerprint density at radius 1 is 0.398 bits per heavy atom. The van der Waals surface area contributed by atoms with E-state index in [4.69, 9.17) is 37.9 Å². The molecule has 7 amide bonds. The maximum absolute atomic E-state index is 14.4. The van der Waals surface area contributed by atoms with Gasteiger partial charge in [0.25, 0.3) is 11.8 Å². The molecule has 4 rings (SSSR count). The van der Waals surface area contributed by atoms with Gasteiger partial charge in [0, 0.05) is 98.1 Å². The number of ether oxygens (including phenoxy) is 2. The summed E-state index contributed by atoms with van der Waals surface area (Å²) >= 11 is 4.55. The highest BCUT2D eigenvalue weighted by atomic mass is 35.5. The van der Waals surface area contributed by atoms with Crippen molar-refractivity contribution in [3.63, 3.8) is 0 Å². The smallest absolute Gasteiger partial charge is 0.407 e. The number of primary amides is 2. The summed E-state index contributed by atoms with van der Waals surface area (Å²) in [5, 5.41) is 19.1. The van der Waals surface area contributed by atoms with Crippen molar-refractivity contribution in [1.82, 2.24) is 26.6 Å². The molecule has 133 heavy (non-hydrogen) atoms. The van der Waals surface area contributed by atoms with Gasteiger partial charge in [0.15, 0.2) is 34.7 Å². The average Bonchev–Trinajstić information content (AvgIpc) is 0.827. The number of hydrogen-bond donors (Lipinski definition) is 10. The highest BCUT2D eigenvalue weighted by molar-refractivity contribution is 6.37. The third kappa shape index (κ3) is 49.1. The fourth-order valence-electron chi connectivity index (χ4n) is 14.7. The summed E-state index contributed by atoms with van der Waals surface area (Å²) < 4.78 is 13.4. The number of nitrogens with two attached hydrogens (primary N) is 4. The van der Waals surface area contributed by atoms with E-state index in [-0.39, 0.29) is 99.5 Å². The Morgan fingerprint density at radius 3 is 1.05 bits per heavy atom. The molecule has 0 saturated heterocycles. The molecule has 0 unspecified atom stereocenters. The highest BCUT2D eigenvalue weighted by Crippen LogP contribution is 2.29. The molecule has 4 aromatic carbocycles. The maximum atomic E-state index is 14.4. The Labute approximate surface area is 792 Å². The van der Waals surface area contributed by atoms with Crippen LogP contribution in [0, 0.1) is 52.9 Å². The van der Waals surface area contributed by atoms with Crippen molar-refractivity contribution in [1.29, 1.82) is 5.53 Å². The summed E-state index contributed by atoms with van der Waals surface area (Å²) in [6, 6.07) is 27.6. The fourth-order valence-corrected chi connectivity index (χ4v) is 14.8. The van der Waals surface area contributed by atoms with Crippen molar-refractivity contribution < 1.29 is 86.2 Å². The molecule has 736 valence electrons. The van der Waals surface area contributed by atoms with Gasteiger partial charge in [-0.1, -0.05) is 203 Å². The highest BCUT2D eigenvalue weighted by Gasteiger charge is 2.36. The number of unbranched alkanes of at least 4 members (excludes halogenated alkanes) is 7. The van der Waals surface area contributed by atoms with E-state index < -0.39 is 141 Å². The molecular weight excluding hydrogens is 1720 g/mol. The van der Waals surface area contributed by atoms with Gasteiger partial charge in [-0.25, -0.2) is 4.79 Å². The van der Waals surface area contributed by atoms with E-state index in [1.807, 2.05) is 52.0 Å². The second kappa shape index (κ2) is 63.4. The third-order valence-corrected chi connectivity index (χ3v) is 22.3. The lowest BCUT2D eigenvalue weighted by atomic mass is 9.90. The number of rotatable bonds is 62. The van der Waals surface area contributed by atoms with Gasteiger partial charge >= 0.3 is 12.1 Å². The van der Waals surface area contributed by atoms with Crippen LogP contribution >= 0.6 is 11.8 Å². The maximum Gasteiger partial charge on any atom is 0.407 e. The van der Waals surface area contributed by atoms with Crippen LogP contribution in [0.2, 0.25) is 0 Å². The molecule has 0 aromatic heterocycles. The number of esters is 1. The molecule has 0 aliphatic heterocycles. The number of carbonyl (C=O) groups is 16. The predicted molar refractivity (Wildman–Crippen MR) is 515 cm³/mol. The lowest BCUT2D eigenvalue weighted by molar-refractivity contribution is -0.155. The van der Waals surface area contributed by atoms with Crippen LogP contribution in [-0.4, -0.2) is 149 Å². The Balaban J connectivity index is 0.000000874. The molecule has 0 fully saturated rings. The molecule has 10 atom stereocenters. The van der Waals surface area contributed by atoms with E-state index in [2.05, 4.69) is 116 Å². The standard InChI is InChI=1S/C56H84N4O11.C45H67N5O7.ClHN4/c1-12-13-19-39-23-25-40(26-24-39)41-27-29-42(30-28-41)46(61)35-43(20-15-14-16-22-49(64)70-55(6,7)8)53(68)59-44(21-17-18-31-58-54(69)71-56(9,10)11)47(62)34-38(5)52(67)60-45(32-36(2)3)48(63)33-37(4)50(65)51(57)66;1-6-7-12-32-15-17-33(18-16-32)34-19-21-35(22-20-34)39(51)28-36(13-8-10-23-46)45(57)49-37(14-9-11-24-47)40(52)27-31(5)44(56)50-38(25-29(2)3)41(53)26-30(4)42(54)43(48)55;1-3-5-4-2/h23-30,36-38,43-45H,12-22,31-35H2,1-11H3,(H2,57,66)(H,58,69)(H,59,68)(H,60,67);15-22,29-31,36-38H,6-14,23-28,46-47H2,1-5H3,(H2,48,55)(H,49,57)(H,50,56);2H/t37-,38-,43-,44+,45+;30-,31-,36-,37+,38+;/m11./s1. The summed E-state index contributed by atoms with van der Waals surface area (Å²) in [6.45, 7) is 29.5. The number of ketones is 8. The van der Waals surface area contributed by atoms with Crippen LogP contribution in [0.3, 0.4) is 0 Å². The predicted octanol–water partition coefficient (Wildman–Crippen LogP) is 16.1. The Kier molecular flexibility index (Phi) is 56.4. The lowest BCUT2D eigenvalue weighted by Gasteiger charge is -2.25. The van der Waals surface area contributed by atoms with Gasteiger partial charge in [-0.05, 0) is 213 Å². The Bertz CT molecular complexity index is 4410. The summed E-state index contributed by atoms with van der Waals surface area (Å²) in [7, 11) is 0. The van der Waals surface area contributed by atoms with E-state index >= 15 is 0 Å². The van der Waals surface area contributed by atoms with Gasteiger partial charge in [-0.3, -0.25) is 71.9 Å². The van der Waals surface area contributed by atoms with Crippen molar-refractivity contribution in [3.05, 3.63) is 119 Å². The second-order valence-electron chi connectivity index (χ2n) is 37.6. The molecule has 4 aromatic rings. The van der Waals surface area contributed by atoms with Crippen molar-refractivity contribution in [2.75, 3.05) is 19.6 Å². The first kappa shape index (κ1) is 118. The minimum Gasteiger partial charge on any atom is -0.460 e. The Hall–Kier alpha value is -10.8. The Morgan fingerprint density at radius 2 is 0.729 bits per heavy atom. The fraction of sp³-hybridized carbons (Fsp3) is 0.604. The summed E-state index contributed by atoms with van der Waals surface area (Å²) in [4.78, 5) is 209. The van der Waals surface area contributed by atoms with E-state index in [1.54, 1.807) is 79.7 Å². The summed E-state index contributed by atoms with van der Waals surface area (Å²) in [5.74, 6) is -13.7. The summed E-state index contributed by atoms with van der Waals surface area (Å²) in [5.41, 5.74) is 33.8. The van der Waals surface area contributed by atoms with E-state index in [9.17, 15) is 76.7 Å². The van der Waals surface area contributed by atoms with Gasteiger partial charge < -0.3 is 59.0 Å². The van der Waals surface area contributed by atoms with E-state index in [0.717, 1.165) is 60.8 Å². The number of aryl methyl sites for hydroxylation is 2. The molecule has 0 spiro atoms. The topological polar surface area (TPSA) is 517 Å². The molecule has 0 aliphatic rings. The first-order valence-corrected chi connectivity index (χ1v) is 47.5. The van der Waals surface area contributed by atoms with Crippen molar-refractivity contribution in [2.24, 2.45) is 85.4 Å². The molecular formula is C101H152ClN13O18. The zero-order valence-electron chi connectivity index (χ0n) is 81.5. The van der Waals surface area contributed by atoms with Crippen molar-refractivity contribution in [2.45, 2.75) is 326 Å². The molecule has 0 heterocycles. The van der Waals surface area contributed by atoms with Crippen LogP contribution < -0.4 is 49.5 Å². The zero-order chi connectivity index (χ0) is 100. The van der Waals surface area contributed by atoms with Crippen molar-refractivity contribution in [3.8, 4) is 22.3 Å². The van der Waals surface area contributed by atoms with Gasteiger partial charge in [-0.15, -0.1) is 0 Å². The van der Waals surface area contributed by atoms with Crippen LogP contribution in [0.1, 0.15) is 310 Å². The number of amides is 7. The van der Waals surface area contributed by atoms with Crippen LogP contribution in [0.15, 0.2) is 112 Å². The van der Waals surface area contributed by atoms with Crippen LogP contribution in [0.4, 0.5) is 4.79 Å². The molecule has 31 nitrogen and oxygen atoms in total. The molecule has 0 radical (unpaired) electrons. The monoisotopic (exact) mass is 1870 g/mol. The largest absolute Gasteiger partial charge is 0.460 e. The number of carbonyl (C=O) groups excluding carboxylic acids is 16. The van der Waals surface area contributed by atoms with Crippen molar-refractivity contribution >= 4 is 106 Å². The third-order valence-electron chi connectivity index (χ3n) is 22.2. The second-order valence-corrected chi connectivity index (χ2v) is 37.7. The first-order chi connectivity index (χ1) is 62.7. The van der Waals surface area contributed by atoms with E-state index in [1.165, 1.54) is 25.0 Å². The molecule has 0 bridgehead atoms. The number of hydrogen-bond acceptors (Lipinski definition) is 22. The van der Waals surface area contributed by atoms with E-state index in [0.29, 0.717) is 108 Å². The van der Waals surface area contributed by atoms with Crippen LogP contribution in [0.25, 0.3) is 22.3 Å². The van der Waals surface area contributed by atoms with Gasteiger partial charge in [0.1, 0.15) is 11.2 Å². The van der Waals surface area contributed by atoms with Gasteiger partial charge in [0.05, 0.1) is 35.9 Å². The number of halogens is 1. The van der Waals surface area contributed by atoms with Crippen LogP contribution in [-0.2, 0) is 84.6 Å². The number of benzene rings is 4. The lowest BCUT2D eigenvalue weighted by Crippen LogP contribution is -2.47. The normalized spacial score (nSPS) is 13.6. The zero-order valence-corrected chi connectivity index (χ0v) is 82.2.